The molecule has 0 spiro atoms. The molecule has 3 aromatic rings. The molecule has 0 bridgehead atoms. The normalized spacial score (nSPS) is 14.2. The molecule has 168 valence electrons. The largest absolute Gasteiger partial charge is 0.573 e. The first-order valence-electron chi connectivity index (χ1n) is 9.40. The Morgan fingerprint density at radius 2 is 1.45 bits per heavy atom. The molecule has 5 nitrogen and oxygen atoms in total. The maximum Gasteiger partial charge on any atom is 0.573 e. The molecule has 10 heteroatoms. The predicted molar refractivity (Wildman–Crippen MR) is 109 cm³/mol. The van der Waals surface area contributed by atoms with Crippen molar-refractivity contribution in [2.45, 2.75) is 6.36 Å². The first-order valence-corrected chi connectivity index (χ1v) is 9.40. The molecule has 1 aliphatic rings. The minimum atomic E-state index is -4.90. The second-order valence-electron chi connectivity index (χ2n) is 6.86. The third-order valence-corrected chi connectivity index (χ3v) is 4.66. The van der Waals surface area contributed by atoms with Crippen LogP contribution in [0.1, 0.15) is 5.56 Å². The molecule has 0 atom stereocenters. The zero-order valence-corrected chi connectivity index (χ0v) is 16.5. The van der Waals surface area contributed by atoms with Gasteiger partial charge < -0.3 is 10.1 Å². The number of benzene rings is 3. The summed E-state index contributed by atoms with van der Waals surface area (Å²) in [6.45, 7) is 0. The third-order valence-electron chi connectivity index (χ3n) is 4.66. The molecule has 33 heavy (non-hydrogen) atoms. The summed E-state index contributed by atoms with van der Waals surface area (Å²) in [6, 6.07) is 15.2. The van der Waals surface area contributed by atoms with Crippen molar-refractivity contribution >= 4 is 28.8 Å². The molecule has 1 heterocycles. The number of imide groups is 1. The highest BCUT2D eigenvalue weighted by atomic mass is 19.4. The van der Waals surface area contributed by atoms with Gasteiger partial charge in [-0.05, 0) is 42.0 Å². The van der Waals surface area contributed by atoms with Gasteiger partial charge in [0.2, 0.25) is 0 Å². The van der Waals surface area contributed by atoms with E-state index in [9.17, 15) is 31.5 Å². The molecular weight excluding hydrogens is 447 g/mol. The van der Waals surface area contributed by atoms with E-state index in [1.807, 2.05) is 0 Å². The van der Waals surface area contributed by atoms with Gasteiger partial charge in [0, 0.05) is 11.8 Å². The molecule has 1 N–H and O–H groups in total. The number of nitrogens with zero attached hydrogens (tertiary/aromatic N) is 1. The predicted octanol–water partition coefficient (Wildman–Crippen LogP) is 5.26. The van der Waals surface area contributed by atoms with Crippen molar-refractivity contribution in [1.29, 1.82) is 0 Å². The van der Waals surface area contributed by atoms with E-state index in [4.69, 9.17) is 0 Å². The molecule has 4 rings (SSSR count). The molecule has 0 saturated carbocycles. The topological polar surface area (TPSA) is 58.6 Å². The SMILES string of the molecule is O=C1C(Nc2ccc(F)c(F)c2)=C(c2ccccc2)C(=O)N1c1ccc(OC(F)(F)F)cc1. The highest BCUT2D eigenvalue weighted by Crippen LogP contribution is 2.35. The maximum atomic E-state index is 13.7. The van der Waals surface area contributed by atoms with Crippen molar-refractivity contribution < 1.29 is 36.3 Å². The lowest BCUT2D eigenvalue weighted by Crippen LogP contribution is -2.32. The minimum Gasteiger partial charge on any atom is -0.406 e. The van der Waals surface area contributed by atoms with Gasteiger partial charge in [0.15, 0.2) is 11.6 Å². The van der Waals surface area contributed by atoms with Gasteiger partial charge in [-0.3, -0.25) is 9.59 Å². The minimum absolute atomic E-state index is 0.00459. The lowest BCUT2D eigenvalue weighted by Gasteiger charge is -2.16. The highest BCUT2D eigenvalue weighted by Gasteiger charge is 2.40. The third kappa shape index (κ3) is 4.54. The Labute approximate surface area is 183 Å². The van der Waals surface area contributed by atoms with E-state index < -0.39 is 35.6 Å². The van der Waals surface area contributed by atoms with Gasteiger partial charge >= 0.3 is 6.36 Å². The fourth-order valence-corrected chi connectivity index (χ4v) is 3.27. The number of anilines is 2. The summed E-state index contributed by atoms with van der Waals surface area (Å²) in [5.74, 6) is -4.35. The lowest BCUT2D eigenvalue weighted by molar-refractivity contribution is -0.274. The Bertz CT molecular complexity index is 1260. The van der Waals surface area contributed by atoms with Crippen molar-refractivity contribution in [2.75, 3.05) is 10.2 Å². The van der Waals surface area contributed by atoms with Gasteiger partial charge in [-0.1, -0.05) is 30.3 Å². The number of rotatable bonds is 5. The Morgan fingerprint density at radius 3 is 2.06 bits per heavy atom. The standard InChI is InChI=1S/C23H13F5N2O3/c24-17-11-6-14(12-18(17)25)29-20-19(13-4-2-1-3-5-13)21(31)30(22(20)32)15-7-9-16(10-8-15)33-23(26,27)28/h1-12,29H. The van der Waals surface area contributed by atoms with Crippen molar-refractivity contribution in [3.05, 3.63) is 95.7 Å². The number of alkyl halides is 3. The Morgan fingerprint density at radius 1 is 0.788 bits per heavy atom. The summed E-state index contributed by atoms with van der Waals surface area (Å²) in [5.41, 5.74) is 0.151. The van der Waals surface area contributed by atoms with Crippen LogP contribution in [0.5, 0.6) is 5.75 Å². The number of nitrogens with one attached hydrogen (secondary N) is 1. The van der Waals surface area contributed by atoms with Gasteiger partial charge in [0.05, 0.1) is 11.3 Å². The second-order valence-corrected chi connectivity index (χ2v) is 6.86. The van der Waals surface area contributed by atoms with Crippen LogP contribution in [-0.2, 0) is 9.59 Å². The highest BCUT2D eigenvalue weighted by molar-refractivity contribution is 6.46. The molecule has 0 fully saturated rings. The van der Waals surface area contributed by atoms with Crippen molar-refractivity contribution in [3.8, 4) is 5.75 Å². The van der Waals surface area contributed by atoms with Crippen LogP contribution in [-0.4, -0.2) is 18.2 Å². The lowest BCUT2D eigenvalue weighted by atomic mass is 10.0. The number of hydrogen-bond acceptors (Lipinski definition) is 4. The first kappa shape index (κ1) is 22.0. The molecule has 2 amide bonds. The van der Waals surface area contributed by atoms with Crippen LogP contribution < -0.4 is 15.0 Å². The summed E-state index contributed by atoms with van der Waals surface area (Å²) < 4.78 is 68.0. The van der Waals surface area contributed by atoms with Crippen LogP contribution in [0.3, 0.4) is 0 Å². The molecular formula is C23H13F5N2O3. The molecule has 0 aliphatic carbocycles. The zero-order valence-electron chi connectivity index (χ0n) is 16.5. The Kier molecular flexibility index (Phi) is 5.59. The van der Waals surface area contributed by atoms with Gasteiger partial charge in [-0.15, -0.1) is 13.2 Å². The molecule has 0 radical (unpaired) electrons. The van der Waals surface area contributed by atoms with E-state index in [1.54, 1.807) is 30.3 Å². The quantitative estimate of drug-likeness (QED) is 0.417. The maximum absolute atomic E-state index is 13.7. The van der Waals surface area contributed by atoms with Crippen LogP contribution in [0.15, 0.2) is 78.5 Å². The fraction of sp³-hybridized carbons (Fsp3) is 0.0435. The van der Waals surface area contributed by atoms with E-state index in [0.29, 0.717) is 5.56 Å². The van der Waals surface area contributed by atoms with Gasteiger partial charge in [0.1, 0.15) is 11.4 Å². The van der Waals surface area contributed by atoms with E-state index in [-0.39, 0.29) is 22.6 Å². The molecule has 0 aromatic heterocycles. The molecule has 1 aliphatic heterocycles. The smallest absolute Gasteiger partial charge is 0.406 e. The van der Waals surface area contributed by atoms with Crippen molar-refractivity contribution in [2.24, 2.45) is 0 Å². The van der Waals surface area contributed by atoms with Gasteiger partial charge in [-0.25, -0.2) is 13.7 Å². The molecule has 3 aromatic carbocycles. The summed E-state index contributed by atoms with van der Waals surface area (Å²) in [7, 11) is 0. The number of ether oxygens (including phenoxy) is 1. The summed E-state index contributed by atoms with van der Waals surface area (Å²) in [5, 5.41) is 2.67. The Hall–Kier alpha value is -4.21. The van der Waals surface area contributed by atoms with Gasteiger partial charge in [-0.2, -0.15) is 0 Å². The monoisotopic (exact) mass is 460 g/mol. The average molecular weight is 460 g/mol. The second kappa shape index (κ2) is 8.38. The van der Waals surface area contributed by atoms with Crippen LogP contribution in [0, 0.1) is 11.6 Å². The molecule has 0 saturated heterocycles. The Balaban J connectivity index is 1.72. The molecule has 0 unspecified atom stereocenters. The van der Waals surface area contributed by atoms with E-state index in [1.165, 1.54) is 6.07 Å². The van der Waals surface area contributed by atoms with Crippen LogP contribution in [0.4, 0.5) is 33.3 Å². The first-order chi connectivity index (χ1) is 15.6. The van der Waals surface area contributed by atoms with Crippen molar-refractivity contribution in [1.82, 2.24) is 0 Å². The summed E-state index contributed by atoms with van der Waals surface area (Å²) >= 11 is 0. The fourth-order valence-electron chi connectivity index (χ4n) is 3.27. The summed E-state index contributed by atoms with van der Waals surface area (Å²) in [4.78, 5) is 27.2. The number of amides is 2. The van der Waals surface area contributed by atoms with E-state index in [0.717, 1.165) is 41.3 Å². The van der Waals surface area contributed by atoms with E-state index >= 15 is 0 Å². The van der Waals surface area contributed by atoms with E-state index in [2.05, 4.69) is 10.1 Å². The van der Waals surface area contributed by atoms with Crippen LogP contribution >= 0.6 is 0 Å². The summed E-state index contributed by atoms with van der Waals surface area (Å²) in [6.07, 6.45) is -4.90. The number of carbonyl (C=O) groups excluding carboxylic acids is 2. The number of halogens is 5. The van der Waals surface area contributed by atoms with Crippen molar-refractivity contribution in [3.63, 3.8) is 0 Å². The average Bonchev–Trinajstić information content (AvgIpc) is 3.00. The number of hydrogen-bond donors (Lipinski definition) is 1. The number of carbonyl (C=O) groups is 2. The van der Waals surface area contributed by atoms with Crippen LogP contribution in [0.2, 0.25) is 0 Å². The van der Waals surface area contributed by atoms with Crippen LogP contribution in [0.25, 0.3) is 5.57 Å². The zero-order chi connectivity index (χ0) is 23.8. The van der Waals surface area contributed by atoms with Gasteiger partial charge in [0.25, 0.3) is 11.8 Å².